The van der Waals surface area contributed by atoms with Gasteiger partial charge in [0.2, 0.25) is 0 Å². The Morgan fingerprint density at radius 3 is 2.61 bits per heavy atom. The number of alkyl halides is 3. The summed E-state index contributed by atoms with van der Waals surface area (Å²) < 4.78 is 45.1. The summed E-state index contributed by atoms with van der Waals surface area (Å²) in [5.74, 6) is 0.402. The van der Waals surface area contributed by atoms with Crippen LogP contribution in [0.25, 0.3) is 11.1 Å². The number of nitrogens with two attached hydrogens (primary N) is 1. The fraction of sp³-hybridized carbons (Fsp3) is 0.346. The summed E-state index contributed by atoms with van der Waals surface area (Å²) in [6.45, 7) is 3.13. The number of nitrogens with one attached hydrogen (secondary N) is 1. The number of ether oxygens (including phenoxy) is 1. The zero-order chi connectivity index (χ0) is 25.9. The quantitative estimate of drug-likeness (QED) is 0.439. The van der Waals surface area contributed by atoms with Crippen LogP contribution in [0.1, 0.15) is 64.7 Å². The fourth-order valence-electron chi connectivity index (χ4n) is 4.25. The second-order valence-corrected chi connectivity index (χ2v) is 9.10. The maximum Gasteiger partial charge on any atom is 0.416 e. The van der Waals surface area contributed by atoms with Gasteiger partial charge in [0.15, 0.2) is 0 Å². The molecular formula is C26H26ClF3N4O2. The van der Waals surface area contributed by atoms with Crippen LogP contribution in [0.3, 0.4) is 0 Å². The number of hydrogen-bond donors (Lipinski definition) is 2. The number of aromatic nitrogens is 2. The van der Waals surface area contributed by atoms with Crippen LogP contribution in [0.15, 0.2) is 48.7 Å². The molecule has 190 valence electrons. The van der Waals surface area contributed by atoms with Crippen molar-refractivity contribution in [1.29, 1.82) is 0 Å². The van der Waals surface area contributed by atoms with Gasteiger partial charge < -0.3 is 15.8 Å². The Morgan fingerprint density at radius 1 is 1.19 bits per heavy atom. The molecule has 6 nitrogen and oxygen atoms in total. The highest BCUT2D eigenvalue weighted by molar-refractivity contribution is 6.31. The second-order valence-electron chi connectivity index (χ2n) is 8.69. The highest BCUT2D eigenvalue weighted by atomic mass is 35.5. The van der Waals surface area contributed by atoms with Gasteiger partial charge in [-0.25, -0.2) is 9.97 Å². The summed E-state index contributed by atoms with van der Waals surface area (Å²) in [5, 5.41) is 3.20. The summed E-state index contributed by atoms with van der Waals surface area (Å²) in [6.07, 6.45) is -1.29. The summed E-state index contributed by atoms with van der Waals surface area (Å²) in [5.41, 5.74) is 7.29. The van der Waals surface area contributed by atoms with E-state index < -0.39 is 17.8 Å². The Balaban J connectivity index is 1.53. The summed E-state index contributed by atoms with van der Waals surface area (Å²) in [7, 11) is 0. The highest BCUT2D eigenvalue weighted by Gasteiger charge is 2.31. The molecule has 1 saturated heterocycles. The minimum atomic E-state index is -4.48. The van der Waals surface area contributed by atoms with Crippen LogP contribution in [-0.2, 0) is 17.5 Å². The van der Waals surface area contributed by atoms with Gasteiger partial charge in [0.05, 0.1) is 11.6 Å². The van der Waals surface area contributed by atoms with Crippen molar-refractivity contribution in [3.63, 3.8) is 0 Å². The van der Waals surface area contributed by atoms with Crippen molar-refractivity contribution in [3.8, 4) is 11.1 Å². The molecule has 0 unspecified atom stereocenters. The van der Waals surface area contributed by atoms with Crippen molar-refractivity contribution in [3.05, 3.63) is 81.9 Å². The van der Waals surface area contributed by atoms with Gasteiger partial charge in [-0.15, -0.1) is 0 Å². The zero-order valence-electron chi connectivity index (χ0n) is 19.6. The van der Waals surface area contributed by atoms with Gasteiger partial charge in [0, 0.05) is 36.9 Å². The fourth-order valence-corrected chi connectivity index (χ4v) is 4.59. The number of carbonyl (C=O) groups excluding carboxylic acids is 1. The van der Waals surface area contributed by atoms with Crippen LogP contribution < -0.4 is 11.1 Å². The van der Waals surface area contributed by atoms with Crippen molar-refractivity contribution in [2.75, 3.05) is 13.2 Å². The van der Waals surface area contributed by atoms with E-state index >= 15 is 0 Å². The van der Waals surface area contributed by atoms with Crippen molar-refractivity contribution >= 4 is 17.5 Å². The lowest BCUT2D eigenvalue weighted by atomic mass is 9.95. The normalized spacial score (nSPS) is 15.5. The van der Waals surface area contributed by atoms with Crippen molar-refractivity contribution in [2.24, 2.45) is 5.73 Å². The molecule has 0 aliphatic carbocycles. The van der Waals surface area contributed by atoms with Gasteiger partial charge in [0.1, 0.15) is 11.5 Å². The van der Waals surface area contributed by atoms with E-state index in [4.69, 9.17) is 22.1 Å². The number of amides is 1. The summed E-state index contributed by atoms with van der Waals surface area (Å²) >= 11 is 6.51. The Morgan fingerprint density at radius 2 is 1.94 bits per heavy atom. The van der Waals surface area contributed by atoms with Gasteiger partial charge in [0.25, 0.3) is 5.91 Å². The number of halogens is 4. The molecule has 1 aromatic heterocycles. The van der Waals surface area contributed by atoms with Crippen LogP contribution in [0.2, 0.25) is 5.02 Å². The van der Waals surface area contributed by atoms with Crippen molar-refractivity contribution in [2.45, 2.75) is 44.4 Å². The molecule has 10 heteroatoms. The van der Waals surface area contributed by atoms with E-state index in [1.807, 2.05) is 0 Å². The average molecular weight is 519 g/mol. The van der Waals surface area contributed by atoms with Crippen LogP contribution >= 0.6 is 11.6 Å². The van der Waals surface area contributed by atoms with Crippen LogP contribution in [-0.4, -0.2) is 29.1 Å². The van der Waals surface area contributed by atoms with E-state index in [0.29, 0.717) is 46.3 Å². The van der Waals surface area contributed by atoms with E-state index in [-0.39, 0.29) is 24.1 Å². The number of carbonyl (C=O) groups is 1. The predicted molar refractivity (Wildman–Crippen MR) is 130 cm³/mol. The van der Waals surface area contributed by atoms with Crippen molar-refractivity contribution in [1.82, 2.24) is 15.3 Å². The summed E-state index contributed by atoms with van der Waals surface area (Å²) in [4.78, 5) is 21.7. The van der Waals surface area contributed by atoms with Gasteiger partial charge in [-0.05, 0) is 66.3 Å². The maximum absolute atomic E-state index is 13.2. The van der Waals surface area contributed by atoms with Gasteiger partial charge >= 0.3 is 6.18 Å². The molecule has 2 heterocycles. The molecular weight excluding hydrogens is 493 g/mol. The lowest BCUT2D eigenvalue weighted by Gasteiger charge is -2.21. The lowest BCUT2D eigenvalue weighted by Crippen LogP contribution is -2.28. The Labute approximate surface area is 212 Å². The molecule has 0 saturated carbocycles. The first kappa shape index (κ1) is 26.1. The smallest absolute Gasteiger partial charge is 0.381 e. The lowest BCUT2D eigenvalue weighted by molar-refractivity contribution is -0.137. The number of hydrogen-bond acceptors (Lipinski definition) is 5. The van der Waals surface area contributed by atoms with E-state index in [0.717, 1.165) is 25.0 Å². The molecule has 4 rings (SSSR count). The molecule has 3 aromatic rings. The second kappa shape index (κ2) is 10.9. The molecule has 0 radical (unpaired) electrons. The molecule has 0 bridgehead atoms. The molecule has 2 aromatic carbocycles. The monoisotopic (exact) mass is 518 g/mol. The molecule has 3 N–H and O–H groups in total. The molecule has 0 spiro atoms. The maximum atomic E-state index is 13.2. The minimum absolute atomic E-state index is 0.0775. The molecule has 1 amide bonds. The third-order valence-corrected chi connectivity index (χ3v) is 6.60. The molecule has 36 heavy (non-hydrogen) atoms. The first-order valence-electron chi connectivity index (χ1n) is 11.6. The topological polar surface area (TPSA) is 90.1 Å². The third-order valence-electron chi connectivity index (χ3n) is 6.28. The molecule has 1 aliphatic rings. The van der Waals surface area contributed by atoms with Crippen LogP contribution in [0.5, 0.6) is 0 Å². The first-order valence-corrected chi connectivity index (χ1v) is 12.0. The SMILES string of the molecule is C[C@@H](NC(=O)c1ccnc(C2CCOCC2)n1)c1ccc(-c2cc(C(F)(F)F)ccc2CN)cc1Cl. The van der Waals surface area contributed by atoms with E-state index in [1.165, 1.54) is 6.07 Å². The van der Waals surface area contributed by atoms with Crippen molar-refractivity contribution < 1.29 is 22.7 Å². The number of rotatable bonds is 6. The van der Waals surface area contributed by atoms with Gasteiger partial charge in [-0.1, -0.05) is 29.8 Å². The number of benzene rings is 2. The highest BCUT2D eigenvalue weighted by Crippen LogP contribution is 2.36. The van der Waals surface area contributed by atoms with Gasteiger partial charge in [-0.3, -0.25) is 4.79 Å². The zero-order valence-corrected chi connectivity index (χ0v) is 20.4. The van der Waals surface area contributed by atoms with E-state index in [1.54, 1.807) is 37.4 Å². The molecule has 1 aliphatic heterocycles. The predicted octanol–water partition coefficient (Wildman–Crippen LogP) is 5.66. The Kier molecular flexibility index (Phi) is 7.92. The van der Waals surface area contributed by atoms with E-state index in [2.05, 4.69) is 15.3 Å². The van der Waals surface area contributed by atoms with E-state index in [9.17, 15) is 18.0 Å². The van der Waals surface area contributed by atoms with Crippen LogP contribution in [0, 0.1) is 0 Å². The molecule has 1 atom stereocenters. The Bertz CT molecular complexity index is 1250. The average Bonchev–Trinajstić information content (AvgIpc) is 2.88. The third kappa shape index (κ3) is 5.86. The standard InChI is InChI=1S/C26H26ClF3N4O2/c1-15(33-25(35)23-6-9-32-24(34-23)16-7-10-36-11-8-16)20-5-3-17(12-22(20)27)21-13-19(26(28,29)30)4-2-18(21)14-31/h2-6,9,12-13,15-16H,7-8,10-11,14,31H2,1H3,(H,33,35)/t15-/m1/s1. The minimum Gasteiger partial charge on any atom is -0.381 e. The first-order chi connectivity index (χ1) is 17.2. The largest absolute Gasteiger partial charge is 0.416 e. The molecule has 1 fully saturated rings. The van der Waals surface area contributed by atoms with Crippen LogP contribution in [0.4, 0.5) is 13.2 Å². The Hall–Kier alpha value is -3.01. The number of nitrogens with zero attached hydrogens (tertiary/aromatic N) is 2. The van der Waals surface area contributed by atoms with Gasteiger partial charge in [-0.2, -0.15) is 13.2 Å². The summed E-state index contributed by atoms with van der Waals surface area (Å²) in [6, 6.07) is 9.49.